The van der Waals surface area contributed by atoms with E-state index in [2.05, 4.69) is 15.5 Å². The Morgan fingerprint density at radius 3 is 2.94 bits per heavy atom. The van der Waals surface area contributed by atoms with E-state index in [0.717, 1.165) is 16.8 Å². The van der Waals surface area contributed by atoms with Crippen molar-refractivity contribution in [3.63, 3.8) is 0 Å². The third-order valence-corrected chi connectivity index (χ3v) is 2.66. The average Bonchev–Trinajstić information content (AvgIpc) is 2.81. The van der Waals surface area contributed by atoms with Crippen molar-refractivity contribution in [1.29, 1.82) is 0 Å². The molecule has 0 unspecified atom stereocenters. The fourth-order valence-electron chi connectivity index (χ4n) is 1.47. The Bertz CT molecular complexity index is 526. The number of aromatic nitrogens is 2. The smallest absolute Gasteiger partial charge is 0.404 e. The molecular formula is C11H10ClN3O2. The molecular weight excluding hydrogens is 242 g/mol. The zero-order valence-corrected chi connectivity index (χ0v) is 9.53. The third kappa shape index (κ3) is 2.76. The molecule has 0 aliphatic rings. The lowest BCUT2D eigenvalue weighted by molar-refractivity contribution is 0.194. The van der Waals surface area contributed by atoms with Gasteiger partial charge in [-0.05, 0) is 29.3 Å². The van der Waals surface area contributed by atoms with Crippen molar-refractivity contribution < 1.29 is 9.90 Å². The van der Waals surface area contributed by atoms with Crippen LogP contribution >= 0.6 is 11.6 Å². The summed E-state index contributed by atoms with van der Waals surface area (Å²) in [6.07, 6.45) is 0.576. The zero-order chi connectivity index (χ0) is 12.3. The minimum Gasteiger partial charge on any atom is -0.465 e. The quantitative estimate of drug-likeness (QED) is 0.784. The second-order valence-corrected chi connectivity index (χ2v) is 3.84. The molecule has 1 aromatic heterocycles. The van der Waals surface area contributed by atoms with Crippen molar-refractivity contribution in [2.45, 2.75) is 6.54 Å². The van der Waals surface area contributed by atoms with Crippen LogP contribution in [0.4, 0.5) is 4.79 Å². The fraction of sp³-hybridized carbons (Fsp3) is 0.0909. The summed E-state index contributed by atoms with van der Waals surface area (Å²) in [5.41, 5.74) is 2.49. The van der Waals surface area contributed by atoms with Crippen LogP contribution in [0.3, 0.4) is 0 Å². The minimum atomic E-state index is -1.08. The molecule has 0 saturated heterocycles. The summed E-state index contributed by atoms with van der Waals surface area (Å²) >= 11 is 5.98. The molecule has 0 fully saturated rings. The molecule has 6 heteroatoms. The van der Waals surface area contributed by atoms with Crippen LogP contribution in [0.1, 0.15) is 5.56 Å². The molecule has 0 saturated carbocycles. The molecule has 17 heavy (non-hydrogen) atoms. The topological polar surface area (TPSA) is 78.0 Å². The van der Waals surface area contributed by atoms with Gasteiger partial charge in [0.2, 0.25) is 0 Å². The van der Waals surface area contributed by atoms with Gasteiger partial charge in [-0.25, -0.2) is 4.79 Å². The van der Waals surface area contributed by atoms with E-state index in [-0.39, 0.29) is 6.54 Å². The Hall–Kier alpha value is -2.01. The summed E-state index contributed by atoms with van der Waals surface area (Å²) in [6, 6.07) is 7.24. The second-order valence-electron chi connectivity index (χ2n) is 3.44. The number of rotatable bonds is 3. The lowest BCUT2D eigenvalue weighted by Gasteiger charge is -2.06. The average molecular weight is 252 g/mol. The van der Waals surface area contributed by atoms with Crippen molar-refractivity contribution >= 4 is 17.7 Å². The van der Waals surface area contributed by atoms with Gasteiger partial charge in [0.1, 0.15) is 0 Å². The van der Waals surface area contributed by atoms with Crippen LogP contribution in [0.25, 0.3) is 11.3 Å². The zero-order valence-electron chi connectivity index (χ0n) is 8.77. The monoisotopic (exact) mass is 251 g/mol. The van der Waals surface area contributed by atoms with Gasteiger partial charge in [0.25, 0.3) is 0 Å². The Balaban J connectivity index is 2.26. The highest BCUT2D eigenvalue weighted by molar-refractivity contribution is 6.31. The van der Waals surface area contributed by atoms with Crippen LogP contribution in [0, 0.1) is 0 Å². The molecule has 1 heterocycles. The van der Waals surface area contributed by atoms with Crippen LogP contribution in [-0.4, -0.2) is 21.4 Å². The Morgan fingerprint density at radius 1 is 1.47 bits per heavy atom. The van der Waals surface area contributed by atoms with Gasteiger partial charge in [-0.3, -0.25) is 5.10 Å². The minimum absolute atomic E-state index is 0.177. The predicted molar refractivity (Wildman–Crippen MR) is 63.9 cm³/mol. The molecule has 0 spiro atoms. The molecule has 2 aromatic rings. The van der Waals surface area contributed by atoms with Crippen molar-refractivity contribution in [1.82, 2.24) is 15.5 Å². The lowest BCUT2D eigenvalue weighted by Crippen LogP contribution is -2.20. The molecule has 5 nitrogen and oxygen atoms in total. The van der Waals surface area contributed by atoms with Crippen LogP contribution in [-0.2, 0) is 6.54 Å². The SMILES string of the molecule is O=C(O)NCc1cc(-c2ccn[nH]2)ccc1Cl. The standard InChI is InChI=1S/C11H10ClN3O2/c12-9-2-1-7(10-3-4-14-15-10)5-8(9)6-13-11(16)17/h1-5,13H,6H2,(H,14,15)(H,16,17). The van der Waals surface area contributed by atoms with Crippen molar-refractivity contribution in [3.8, 4) is 11.3 Å². The maximum absolute atomic E-state index is 10.4. The van der Waals surface area contributed by atoms with E-state index >= 15 is 0 Å². The van der Waals surface area contributed by atoms with Gasteiger partial charge in [-0.1, -0.05) is 17.7 Å². The largest absolute Gasteiger partial charge is 0.465 e. The number of amides is 1. The number of hydrogen-bond donors (Lipinski definition) is 3. The van der Waals surface area contributed by atoms with Gasteiger partial charge in [0.05, 0.1) is 5.69 Å². The van der Waals surface area contributed by atoms with E-state index in [0.29, 0.717) is 5.02 Å². The van der Waals surface area contributed by atoms with E-state index < -0.39 is 6.09 Å². The summed E-state index contributed by atoms with van der Waals surface area (Å²) in [5.74, 6) is 0. The van der Waals surface area contributed by atoms with Crippen molar-refractivity contribution in [2.75, 3.05) is 0 Å². The lowest BCUT2D eigenvalue weighted by atomic mass is 10.1. The molecule has 88 valence electrons. The molecule has 3 N–H and O–H groups in total. The van der Waals surface area contributed by atoms with E-state index in [1.165, 1.54) is 0 Å². The predicted octanol–water partition coefficient (Wildman–Crippen LogP) is 2.50. The highest BCUT2D eigenvalue weighted by Gasteiger charge is 2.06. The van der Waals surface area contributed by atoms with Gasteiger partial charge in [0.15, 0.2) is 0 Å². The highest BCUT2D eigenvalue weighted by atomic mass is 35.5. The normalized spacial score (nSPS) is 10.2. The van der Waals surface area contributed by atoms with E-state index in [4.69, 9.17) is 16.7 Å². The molecule has 2 rings (SSSR count). The third-order valence-electron chi connectivity index (χ3n) is 2.29. The van der Waals surface area contributed by atoms with Crippen molar-refractivity contribution in [2.24, 2.45) is 0 Å². The maximum Gasteiger partial charge on any atom is 0.404 e. The van der Waals surface area contributed by atoms with E-state index in [1.54, 1.807) is 12.3 Å². The summed E-state index contributed by atoms with van der Waals surface area (Å²) in [5, 5.41) is 18.1. The number of carboxylic acid groups (broad SMARTS) is 1. The molecule has 1 aromatic carbocycles. The van der Waals surface area contributed by atoms with E-state index in [9.17, 15) is 4.79 Å². The summed E-state index contributed by atoms with van der Waals surface area (Å²) in [7, 11) is 0. The van der Waals surface area contributed by atoms with Crippen LogP contribution in [0.15, 0.2) is 30.5 Å². The molecule has 0 bridgehead atoms. The van der Waals surface area contributed by atoms with Crippen LogP contribution < -0.4 is 5.32 Å². The number of hydrogen-bond acceptors (Lipinski definition) is 2. The Kier molecular flexibility index (Phi) is 3.30. The Morgan fingerprint density at radius 2 is 2.29 bits per heavy atom. The number of halogens is 1. The number of nitrogens with zero attached hydrogens (tertiary/aromatic N) is 1. The maximum atomic E-state index is 10.4. The molecule has 0 radical (unpaired) electrons. The summed E-state index contributed by atoms with van der Waals surface area (Å²) in [4.78, 5) is 10.4. The number of nitrogens with one attached hydrogen (secondary N) is 2. The first kappa shape index (κ1) is 11.5. The second kappa shape index (κ2) is 4.88. The van der Waals surface area contributed by atoms with Gasteiger partial charge >= 0.3 is 6.09 Å². The van der Waals surface area contributed by atoms with Gasteiger partial charge in [-0.2, -0.15) is 5.10 Å². The molecule has 0 aliphatic carbocycles. The summed E-state index contributed by atoms with van der Waals surface area (Å²) in [6.45, 7) is 0.177. The van der Waals surface area contributed by atoms with Crippen molar-refractivity contribution in [3.05, 3.63) is 41.0 Å². The first-order valence-electron chi connectivity index (χ1n) is 4.92. The first-order valence-corrected chi connectivity index (χ1v) is 5.29. The summed E-state index contributed by atoms with van der Waals surface area (Å²) < 4.78 is 0. The first-order chi connectivity index (χ1) is 8.16. The van der Waals surface area contributed by atoms with Crippen LogP contribution in [0.2, 0.25) is 5.02 Å². The van der Waals surface area contributed by atoms with Crippen LogP contribution in [0.5, 0.6) is 0 Å². The molecule has 1 amide bonds. The van der Waals surface area contributed by atoms with E-state index in [1.807, 2.05) is 18.2 Å². The number of H-pyrrole nitrogens is 1. The number of carbonyl (C=O) groups is 1. The molecule has 0 aliphatic heterocycles. The number of benzene rings is 1. The van der Waals surface area contributed by atoms with Gasteiger partial charge in [-0.15, -0.1) is 0 Å². The molecule has 0 atom stereocenters. The Labute approximate surface area is 102 Å². The van der Waals surface area contributed by atoms with Gasteiger partial charge < -0.3 is 10.4 Å². The highest BCUT2D eigenvalue weighted by Crippen LogP contribution is 2.23. The number of aromatic amines is 1. The van der Waals surface area contributed by atoms with Gasteiger partial charge in [0, 0.05) is 17.8 Å². The fourth-order valence-corrected chi connectivity index (χ4v) is 1.65.